The molecule has 0 unspecified atom stereocenters. The van der Waals surface area contributed by atoms with Crippen molar-refractivity contribution in [1.29, 1.82) is 0 Å². The minimum atomic E-state index is -1.03. The summed E-state index contributed by atoms with van der Waals surface area (Å²) in [6.45, 7) is 1.31. The highest BCUT2D eigenvalue weighted by atomic mass is 16.4. The van der Waals surface area contributed by atoms with Crippen LogP contribution < -0.4 is 5.32 Å². The molecule has 0 saturated carbocycles. The van der Waals surface area contributed by atoms with E-state index in [-0.39, 0.29) is 12.3 Å². The van der Waals surface area contributed by atoms with Crippen LogP contribution in [0.3, 0.4) is 0 Å². The number of hydrogen-bond donors (Lipinski definition) is 2. The first kappa shape index (κ1) is 14.8. The van der Waals surface area contributed by atoms with Gasteiger partial charge in [0.1, 0.15) is 6.04 Å². The Bertz CT molecular complexity index is 620. The molecule has 108 valence electrons. The van der Waals surface area contributed by atoms with E-state index in [1.807, 2.05) is 54.6 Å². The number of carbonyl (C=O) groups excluding carboxylic acids is 1. The molecule has 0 aliphatic rings. The molecule has 0 aliphatic heterocycles. The van der Waals surface area contributed by atoms with Gasteiger partial charge in [0.25, 0.3) is 0 Å². The second-order valence-electron chi connectivity index (χ2n) is 4.86. The van der Waals surface area contributed by atoms with E-state index in [1.54, 1.807) is 0 Å². The molecule has 0 aromatic heterocycles. The second kappa shape index (κ2) is 6.70. The fourth-order valence-corrected chi connectivity index (χ4v) is 2.15. The van der Waals surface area contributed by atoms with E-state index in [1.165, 1.54) is 6.92 Å². The van der Waals surface area contributed by atoms with Crippen molar-refractivity contribution in [1.82, 2.24) is 5.32 Å². The topological polar surface area (TPSA) is 66.4 Å². The molecule has 0 spiro atoms. The van der Waals surface area contributed by atoms with Gasteiger partial charge in [-0.2, -0.15) is 0 Å². The number of carbonyl (C=O) groups is 2. The third-order valence-electron chi connectivity index (χ3n) is 3.18. The van der Waals surface area contributed by atoms with Crippen LogP contribution in [0.2, 0.25) is 0 Å². The Kier molecular flexibility index (Phi) is 4.72. The van der Waals surface area contributed by atoms with Gasteiger partial charge in [-0.3, -0.25) is 4.79 Å². The number of benzene rings is 2. The number of amides is 1. The number of nitrogens with one attached hydrogen (secondary N) is 1. The Morgan fingerprint density at radius 3 is 2.10 bits per heavy atom. The molecule has 0 heterocycles. The largest absolute Gasteiger partial charge is 0.480 e. The van der Waals surface area contributed by atoms with E-state index < -0.39 is 12.0 Å². The molecular formula is C17H17NO3. The normalized spacial score (nSPS) is 11.7. The Hall–Kier alpha value is -2.62. The molecule has 0 fully saturated rings. The SMILES string of the molecule is CC(=O)N[C@@H](Cc1ccc(-c2ccccc2)cc1)C(=O)O. The molecule has 0 radical (unpaired) electrons. The predicted molar refractivity (Wildman–Crippen MR) is 80.8 cm³/mol. The zero-order chi connectivity index (χ0) is 15.2. The summed E-state index contributed by atoms with van der Waals surface area (Å²) in [6.07, 6.45) is 0.268. The third kappa shape index (κ3) is 4.18. The standard InChI is InChI=1S/C17H17NO3/c1-12(19)18-16(17(20)21)11-13-7-9-15(10-8-13)14-5-3-2-4-6-14/h2-10,16H,11H2,1H3,(H,18,19)(H,20,21)/t16-/m0/s1. The Morgan fingerprint density at radius 1 is 1.00 bits per heavy atom. The van der Waals surface area contributed by atoms with Crippen LogP contribution in [0.4, 0.5) is 0 Å². The number of carboxylic acid groups (broad SMARTS) is 1. The van der Waals surface area contributed by atoms with Crippen LogP contribution in [0, 0.1) is 0 Å². The molecule has 0 bridgehead atoms. The first-order chi connectivity index (χ1) is 10.1. The van der Waals surface area contributed by atoms with Crippen molar-refractivity contribution >= 4 is 11.9 Å². The summed E-state index contributed by atoms with van der Waals surface area (Å²) in [5.74, 6) is -1.37. The average Bonchev–Trinajstić information content (AvgIpc) is 2.48. The van der Waals surface area contributed by atoms with Gasteiger partial charge < -0.3 is 10.4 Å². The van der Waals surface area contributed by atoms with E-state index in [0.717, 1.165) is 16.7 Å². The van der Waals surface area contributed by atoms with E-state index in [2.05, 4.69) is 5.32 Å². The fourth-order valence-electron chi connectivity index (χ4n) is 2.15. The number of hydrogen-bond acceptors (Lipinski definition) is 2. The number of rotatable bonds is 5. The summed E-state index contributed by atoms with van der Waals surface area (Å²) in [5.41, 5.74) is 3.06. The van der Waals surface area contributed by atoms with Gasteiger partial charge in [0.05, 0.1) is 0 Å². The lowest BCUT2D eigenvalue weighted by Crippen LogP contribution is -2.41. The highest BCUT2D eigenvalue weighted by Crippen LogP contribution is 2.19. The van der Waals surface area contributed by atoms with Crippen LogP contribution >= 0.6 is 0 Å². The molecule has 21 heavy (non-hydrogen) atoms. The van der Waals surface area contributed by atoms with Gasteiger partial charge in [-0.25, -0.2) is 4.79 Å². The van der Waals surface area contributed by atoms with Crippen molar-refractivity contribution in [3.63, 3.8) is 0 Å². The Morgan fingerprint density at radius 2 is 1.57 bits per heavy atom. The van der Waals surface area contributed by atoms with Gasteiger partial charge in [0.15, 0.2) is 0 Å². The Labute approximate surface area is 123 Å². The van der Waals surface area contributed by atoms with E-state index in [4.69, 9.17) is 5.11 Å². The lowest BCUT2D eigenvalue weighted by molar-refractivity contribution is -0.141. The van der Waals surface area contributed by atoms with Gasteiger partial charge in [0.2, 0.25) is 5.91 Å². The van der Waals surface area contributed by atoms with Crippen LogP contribution in [0.25, 0.3) is 11.1 Å². The highest BCUT2D eigenvalue weighted by Gasteiger charge is 2.18. The average molecular weight is 283 g/mol. The van der Waals surface area contributed by atoms with Crippen LogP contribution in [-0.4, -0.2) is 23.0 Å². The summed E-state index contributed by atoms with van der Waals surface area (Å²) in [5, 5.41) is 11.5. The molecular weight excluding hydrogens is 266 g/mol. The van der Waals surface area contributed by atoms with Gasteiger partial charge >= 0.3 is 5.97 Å². The molecule has 2 aromatic carbocycles. The first-order valence-electron chi connectivity index (χ1n) is 6.70. The number of aliphatic carboxylic acids is 1. The maximum absolute atomic E-state index is 11.1. The van der Waals surface area contributed by atoms with Crippen molar-refractivity contribution in [3.05, 3.63) is 60.2 Å². The van der Waals surface area contributed by atoms with Crippen molar-refractivity contribution < 1.29 is 14.7 Å². The molecule has 4 nitrogen and oxygen atoms in total. The highest BCUT2D eigenvalue weighted by molar-refractivity contribution is 5.82. The molecule has 1 amide bonds. The quantitative estimate of drug-likeness (QED) is 0.886. The van der Waals surface area contributed by atoms with Gasteiger partial charge in [-0.05, 0) is 16.7 Å². The summed E-state index contributed by atoms with van der Waals surface area (Å²) in [6, 6.07) is 16.7. The minimum Gasteiger partial charge on any atom is -0.480 e. The summed E-state index contributed by atoms with van der Waals surface area (Å²) >= 11 is 0. The molecule has 2 N–H and O–H groups in total. The van der Waals surface area contributed by atoms with Crippen LogP contribution in [-0.2, 0) is 16.0 Å². The first-order valence-corrected chi connectivity index (χ1v) is 6.70. The predicted octanol–water partition coefficient (Wildman–Crippen LogP) is 2.49. The molecule has 2 aromatic rings. The lowest BCUT2D eigenvalue weighted by atomic mass is 10.0. The van der Waals surface area contributed by atoms with Crippen LogP contribution in [0.15, 0.2) is 54.6 Å². The van der Waals surface area contributed by atoms with Crippen molar-refractivity contribution in [2.75, 3.05) is 0 Å². The maximum atomic E-state index is 11.1. The van der Waals surface area contributed by atoms with Crippen molar-refractivity contribution in [2.45, 2.75) is 19.4 Å². The molecule has 0 aliphatic carbocycles. The lowest BCUT2D eigenvalue weighted by Gasteiger charge is -2.13. The van der Waals surface area contributed by atoms with E-state index >= 15 is 0 Å². The van der Waals surface area contributed by atoms with Crippen LogP contribution in [0.1, 0.15) is 12.5 Å². The zero-order valence-corrected chi connectivity index (χ0v) is 11.7. The minimum absolute atomic E-state index is 0.268. The smallest absolute Gasteiger partial charge is 0.326 e. The van der Waals surface area contributed by atoms with Crippen LogP contribution in [0.5, 0.6) is 0 Å². The molecule has 1 atom stereocenters. The van der Waals surface area contributed by atoms with Crippen molar-refractivity contribution in [3.8, 4) is 11.1 Å². The fraction of sp³-hybridized carbons (Fsp3) is 0.176. The van der Waals surface area contributed by atoms with Crippen molar-refractivity contribution in [2.24, 2.45) is 0 Å². The maximum Gasteiger partial charge on any atom is 0.326 e. The molecule has 4 heteroatoms. The number of carboxylic acids is 1. The van der Waals surface area contributed by atoms with E-state index in [9.17, 15) is 9.59 Å². The second-order valence-corrected chi connectivity index (χ2v) is 4.86. The van der Waals surface area contributed by atoms with Gasteiger partial charge in [0, 0.05) is 13.3 Å². The monoisotopic (exact) mass is 283 g/mol. The van der Waals surface area contributed by atoms with Gasteiger partial charge in [-0.1, -0.05) is 54.6 Å². The summed E-state index contributed by atoms with van der Waals surface area (Å²) in [4.78, 5) is 22.1. The Balaban J connectivity index is 2.11. The zero-order valence-electron chi connectivity index (χ0n) is 11.7. The molecule has 2 rings (SSSR count). The summed E-state index contributed by atoms with van der Waals surface area (Å²) < 4.78 is 0. The third-order valence-corrected chi connectivity index (χ3v) is 3.18. The van der Waals surface area contributed by atoms with Gasteiger partial charge in [-0.15, -0.1) is 0 Å². The molecule has 0 saturated heterocycles. The summed E-state index contributed by atoms with van der Waals surface area (Å²) in [7, 11) is 0. The van der Waals surface area contributed by atoms with E-state index in [0.29, 0.717) is 0 Å².